The van der Waals surface area contributed by atoms with E-state index in [1.807, 2.05) is 19.1 Å². The van der Waals surface area contributed by atoms with Gasteiger partial charge >= 0.3 is 0 Å². The van der Waals surface area contributed by atoms with Crippen molar-refractivity contribution in [1.29, 1.82) is 0 Å². The minimum Gasteiger partial charge on any atom is -0.324 e. The highest BCUT2D eigenvalue weighted by molar-refractivity contribution is 5.74. The largest absolute Gasteiger partial charge is 0.324 e. The Balaban J connectivity index is 2.84. The predicted molar refractivity (Wildman–Crippen MR) is 49.0 cm³/mol. The molecule has 1 aromatic carbocycles. The number of rotatable bonds is 3. The maximum Gasteiger partial charge on any atom is 0.150 e. The summed E-state index contributed by atoms with van der Waals surface area (Å²) in [5.74, 6) is 0. The van der Waals surface area contributed by atoms with Crippen LogP contribution in [0.4, 0.5) is 0 Å². The second kappa shape index (κ2) is 4.02. The summed E-state index contributed by atoms with van der Waals surface area (Å²) in [4.78, 5) is 10.3. The molecule has 0 bridgehead atoms. The van der Waals surface area contributed by atoms with Crippen molar-refractivity contribution < 1.29 is 4.79 Å². The lowest BCUT2D eigenvalue weighted by Gasteiger charge is -2.08. The number of carbonyl (C=O) groups is 1. The normalized spacial score (nSPS) is 12.5. The van der Waals surface area contributed by atoms with Crippen molar-refractivity contribution in [2.45, 2.75) is 19.4 Å². The van der Waals surface area contributed by atoms with Crippen LogP contribution < -0.4 is 5.73 Å². The molecule has 1 rings (SSSR count). The van der Waals surface area contributed by atoms with Gasteiger partial charge in [0, 0.05) is 11.6 Å². The van der Waals surface area contributed by atoms with Crippen molar-refractivity contribution >= 4 is 6.29 Å². The Morgan fingerprint density at radius 3 is 2.42 bits per heavy atom. The Hall–Kier alpha value is -1.15. The molecule has 2 nitrogen and oxygen atoms in total. The Labute approximate surface area is 72.4 Å². The molecule has 12 heavy (non-hydrogen) atoms. The molecule has 64 valence electrons. The van der Waals surface area contributed by atoms with Crippen LogP contribution in [0.25, 0.3) is 0 Å². The SMILES string of the molecule is CCC(N)c1ccc(C=O)cc1. The van der Waals surface area contributed by atoms with E-state index >= 15 is 0 Å². The summed E-state index contributed by atoms with van der Waals surface area (Å²) >= 11 is 0. The predicted octanol–water partition coefficient (Wildman–Crippen LogP) is 1.91. The number of hydrogen-bond acceptors (Lipinski definition) is 2. The number of benzene rings is 1. The standard InChI is InChI=1S/C10H13NO/c1-2-10(11)9-5-3-8(7-12)4-6-9/h3-7,10H,2,11H2,1H3. The molecule has 2 heteroatoms. The van der Waals surface area contributed by atoms with Gasteiger partial charge in [-0.3, -0.25) is 4.79 Å². The first-order valence-corrected chi connectivity index (χ1v) is 4.08. The molecule has 0 aliphatic rings. The van der Waals surface area contributed by atoms with Crippen molar-refractivity contribution in [3.8, 4) is 0 Å². The average molecular weight is 163 g/mol. The molecule has 0 heterocycles. The molecule has 0 amide bonds. The van der Waals surface area contributed by atoms with Crippen molar-refractivity contribution in [2.24, 2.45) is 5.73 Å². The van der Waals surface area contributed by atoms with Crippen molar-refractivity contribution in [3.05, 3.63) is 35.4 Å². The van der Waals surface area contributed by atoms with Crippen molar-refractivity contribution in [3.63, 3.8) is 0 Å². The molecule has 1 atom stereocenters. The second-order valence-corrected chi connectivity index (χ2v) is 2.80. The van der Waals surface area contributed by atoms with Crippen LogP contribution in [0.3, 0.4) is 0 Å². The molecule has 1 unspecified atom stereocenters. The monoisotopic (exact) mass is 163 g/mol. The summed E-state index contributed by atoms with van der Waals surface area (Å²) in [7, 11) is 0. The summed E-state index contributed by atoms with van der Waals surface area (Å²) < 4.78 is 0. The van der Waals surface area contributed by atoms with E-state index in [4.69, 9.17) is 5.73 Å². The molecule has 2 N–H and O–H groups in total. The summed E-state index contributed by atoms with van der Waals surface area (Å²) in [6.07, 6.45) is 1.75. The molecule has 0 saturated carbocycles. The maximum atomic E-state index is 10.3. The van der Waals surface area contributed by atoms with Gasteiger partial charge in [-0.05, 0) is 12.0 Å². The van der Waals surface area contributed by atoms with Crippen LogP contribution in [-0.4, -0.2) is 6.29 Å². The van der Waals surface area contributed by atoms with Gasteiger partial charge in [0.15, 0.2) is 0 Å². The number of carbonyl (C=O) groups excluding carboxylic acids is 1. The first-order chi connectivity index (χ1) is 5.77. The fourth-order valence-corrected chi connectivity index (χ4v) is 1.06. The van der Waals surface area contributed by atoms with Gasteiger partial charge in [-0.2, -0.15) is 0 Å². The molecule has 0 aliphatic carbocycles. The number of aldehydes is 1. The third kappa shape index (κ3) is 1.92. The Morgan fingerprint density at radius 1 is 1.42 bits per heavy atom. The van der Waals surface area contributed by atoms with Crippen LogP contribution in [0.15, 0.2) is 24.3 Å². The van der Waals surface area contributed by atoms with Crippen LogP contribution in [0, 0.1) is 0 Å². The van der Waals surface area contributed by atoms with E-state index in [0.717, 1.165) is 18.3 Å². The highest BCUT2D eigenvalue weighted by Gasteiger charge is 2.01. The number of hydrogen-bond donors (Lipinski definition) is 1. The van der Waals surface area contributed by atoms with E-state index in [2.05, 4.69) is 0 Å². The molecule has 1 aromatic rings. The van der Waals surface area contributed by atoms with E-state index in [1.165, 1.54) is 0 Å². The van der Waals surface area contributed by atoms with Crippen molar-refractivity contribution in [1.82, 2.24) is 0 Å². The lowest BCUT2D eigenvalue weighted by Crippen LogP contribution is -2.08. The summed E-state index contributed by atoms with van der Waals surface area (Å²) in [5, 5.41) is 0. The van der Waals surface area contributed by atoms with E-state index in [1.54, 1.807) is 12.1 Å². The minimum absolute atomic E-state index is 0.0886. The molecular formula is C10H13NO. The summed E-state index contributed by atoms with van der Waals surface area (Å²) in [6.45, 7) is 2.04. The van der Waals surface area contributed by atoms with Gasteiger partial charge in [-0.1, -0.05) is 31.2 Å². The van der Waals surface area contributed by atoms with Gasteiger partial charge in [0.1, 0.15) is 6.29 Å². The highest BCUT2D eigenvalue weighted by atomic mass is 16.1. The third-order valence-corrected chi connectivity index (χ3v) is 1.94. The van der Waals surface area contributed by atoms with Gasteiger partial charge in [-0.25, -0.2) is 0 Å². The topological polar surface area (TPSA) is 43.1 Å². The maximum absolute atomic E-state index is 10.3. The van der Waals surface area contributed by atoms with Crippen LogP contribution in [0.2, 0.25) is 0 Å². The third-order valence-electron chi connectivity index (χ3n) is 1.94. The Morgan fingerprint density at radius 2 is 2.00 bits per heavy atom. The Kier molecular flexibility index (Phi) is 3.00. The zero-order valence-electron chi connectivity index (χ0n) is 7.16. The van der Waals surface area contributed by atoms with Gasteiger partial charge in [0.25, 0.3) is 0 Å². The van der Waals surface area contributed by atoms with Crippen molar-refractivity contribution in [2.75, 3.05) is 0 Å². The average Bonchev–Trinajstić information content (AvgIpc) is 2.17. The fraction of sp³-hybridized carbons (Fsp3) is 0.300. The lowest BCUT2D eigenvalue weighted by atomic mass is 10.0. The molecule has 0 aromatic heterocycles. The lowest BCUT2D eigenvalue weighted by molar-refractivity contribution is 0.112. The minimum atomic E-state index is 0.0886. The first-order valence-electron chi connectivity index (χ1n) is 4.08. The van der Waals surface area contributed by atoms with Gasteiger partial charge in [0.2, 0.25) is 0 Å². The Bertz CT molecular complexity index is 253. The summed E-state index contributed by atoms with van der Waals surface area (Å²) in [5.41, 5.74) is 7.58. The van der Waals surface area contributed by atoms with E-state index in [9.17, 15) is 4.79 Å². The quantitative estimate of drug-likeness (QED) is 0.691. The molecular weight excluding hydrogens is 150 g/mol. The van der Waals surface area contributed by atoms with E-state index < -0.39 is 0 Å². The van der Waals surface area contributed by atoms with Gasteiger partial charge < -0.3 is 5.73 Å². The smallest absolute Gasteiger partial charge is 0.150 e. The molecule has 0 aliphatic heterocycles. The first kappa shape index (κ1) is 8.94. The van der Waals surface area contributed by atoms with Gasteiger partial charge in [-0.15, -0.1) is 0 Å². The van der Waals surface area contributed by atoms with Crippen LogP contribution in [0.5, 0.6) is 0 Å². The molecule has 0 radical (unpaired) electrons. The van der Waals surface area contributed by atoms with E-state index in [0.29, 0.717) is 5.56 Å². The number of nitrogens with two attached hydrogens (primary N) is 1. The fourth-order valence-electron chi connectivity index (χ4n) is 1.06. The zero-order chi connectivity index (χ0) is 8.97. The zero-order valence-corrected chi connectivity index (χ0v) is 7.16. The van der Waals surface area contributed by atoms with Crippen LogP contribution >= 0.6 is 0 Å². The molecule has 0 spiro atoms. The van der Waals surface area contributed by atoms with Gasteiger partial charge in [0.05, 0.1) is 0 Å². The molecule has 0 saturated heterocycles. The highest BCUT2D eigenvalue weighted by Crippen LogP contribution is 2.13. The second-order valence-electron chi connectivity index (χ2n) is 2.80. The van der Waals surface area contributed by atoms with Crippen LogP contribution in [-0.2, 0) is 0 Å². The van der Waals surface area contributed by atoms with Crippen LogP contribution in [0.1, 0.15) is 35.3 Å². The summed E-state index contributed by atoms with van der Waals surface area (Å²) in [6, 6.07) is 7.47. The molecule has 0 fully saturated rings. The van der Waals surface area contributed by atoms with E-state index in [-0.39, 0.29) is 6.04 Å².